The van der Waals surface area contributed by atoms with Crippen molar-refractivity contribution in [3.8, 4) is 5.75 Å². The minimum absolute atomic E-state index is 0.264. The summed E-state index contributed by atoms with van der Waals surface area (Å²) < 4.78 is 5.81. The van der Waals surface area contributed by atoms with Gasteiger partial charge in [-0.1, -0.05) is 75.4 Å². The molecule has 0 aliphatic heterocycles. The van der Waals surface area contributed by atoms with Crippen LogP contribution in [0.1, 0.15) is 86.4 Å². The Morgan fingerprint density at radius 3 is 2.50 bits per heavy atom. The Hall–Kier alpha value is -2.37. The number of nitrogens with one attached hydrogen (secondary N) is 1. The number of nitrogens with two attached hydrogens (primary N) is 1. The van der Waals surface area contributed by atoms with Gasteiger partial charge in [-0.05, 0) is 49.4 Å². The molecule has 2 aromatic rings. The Morgan fingerprint density at radius 1 is 1.06 bits per heavy atom. The summed E-state index contributed by atoms with van der Waals surface area (Å²) in [5.41, 5.74) is 7.86. The SMILES string of the molecule is CCCCCCCCOc1ccc(C(O)CNC(C)CCc2ccccc2)cc1C(N)=O. The van der Waals surface area contributed by atoms with Gasteiger partial charge in [-0.25, -0.2) is 0 Å². The van der Waals surface area contributed by atoms with Crippen LogP contribution in [-0.2, 0) is 6.42 Å². The first-order chi connectivity index (χ1) is 15.5. The van der Waals surface area contributed by atoms with Crippen LogP contribution in [0.25, 0.3) is 0 Å². The third kappa shape index (κ3) is 9.41. The summed E-state index contributed by atoms with van der Waals surface area (Å²) in [6.07, 6.45) is 8.30. The summed E-state index contributed by atoms with van der Waals surface area (Å²) in [5, 5.41) is 14.0. The maximum atomic E-state index is 11.9. The number of primary amides is 1. The van der Waals surface area contributed by atoms with E-state index in [1.807, 2.05) is 12.1 Å². The Balaban J connectivity index is 1.81. The first-order valence-corrected chi connectivity index (χ1v) is 12.0. The zero-order valence-corrected chi connectivity index (χ0v) is 19.7. The van der Waals surface area contributed by atoms with E-state index in [0.717, 1.165) is 25.7 Å². The Labute approximate surface area is 193 Å². The highest BCUT2D eigenvalue weighted by Gasteiger charge is 2.15. The molecule has 176 valence electrons. The minimum Gasteiger partial charge on any atom is -0.493 e. The predicted octanol–water partition coefficient (Wildman–Crippen LogP) is 5.17. The summed E-state index contributed by atoms with van der Waals surface area (Å²) >= 11 is 0. The second kappa shape index (κ2) is 14.6. The van der Waals surface area contributed by atoms with Crippen LogP contribution >= 0.6 is 0 Å². The van der Waals surface area contributed by atoms with Crippen LogP contribution in [0.15, 0.2) is 48.5 Å². The Kier molecular flexibility index (Phi) is 11.8. The number of rotatable bonds is 16. The number of ether oxygens (including phenoxy) is 1. The van der Waals surface area contributed by atoms with Gasteiger partial charge in [0.15, 0.2) is 0 Å². The highest BCUT2D eigenvalue weighted by molar-refractivity contribution is 5.95. The molecule has 0 bridgehead atoms. The van der Waals surface area contributed by atoms with Gasteiger partial charge in [-0.2, -0.15) is 0 Å². The molecular weight excluding hydrogens is 400 g/mol. The molecule has 0 aromatic heterocycles. The molecule has 2 unspecified atom stereocenters. The van der Waals surface area contributed by atoms with E-state index in [2.05, 4.69) is 43.4 Å². The van der Waals surface area contributed by atoms with Crippen LogP contribution in [0, 0.1) is 0 Å². The zero-order chi connectivity index (χ0) is 23.2. The zero-order valence-electron chi connectivity index (χ0n) is 19.7. The Bertz CT molecular complexity index is 795. The van der Waals surface area contributed by atoms with Gasteiger partial charge in [-0.3, -0.25) is 4.79 Å². The first kappa shape index (κ1) is 25.9. The van der Waals surface area contributed by atoms with Gasteiger partial charge in [0.05, 0.1) is 18.3 Å². The molecule has 2 atom stereocenters. The van der Waals surface area contributed by atoms with Crippen LogP contribution in [-0.4, -0.2) is 30.2 Å². The largest absolute Gasteiger partial charge is 0.493 e. The van der Waals surface area contributed by atoms with Gasteiger partial charge < -0.3 is 20.9 Å². The molecule has 32 heavy (non-hydrogen) atoms. The number of benzene rings is 2. The third-order valence-electron chi connectivity index (χ3n) is 5.78. The minimum atomic E-state index is -0.722. The maximum absolute atomic E-state index is 11.9. The molecule has 1 amide bonds. The van der Waals surface area contributed by atoms with Gasteiger partial charge in [0, 0.05) is 12.6 Å². The fraction of sp³-hybridized carbons (Fsp3) is 0.519. The lowest BCUT2D eigenvalue weighted by molar-refractivity contribution is 0.0995. The lowest BCUT2D eigenvalue weighted by atomic mass is 10.0. The molecule has 0 fully saturated rings. The maximum Gasteiger partial charge on any atom is 0.252 e. The molecule has 0 radical (unpaired) electrons. The number of hydrogen-bond donors (Lipinski definition) is 3. The Morgan fingerprint density at radius 2 is 1.78 bits per heavy atom. The molecule has 0 aliphatic carbocycles. The van der Waals surface area contributed by atoms with Crippen molar-refractivity contribution in [3.05, 3.63) is 65.2 Å². The second-order valence-electron chi connectivity index (χ2n) is 8.59. The topological polar surface area (TPSA) is 84.6 Å². The number of aliphatic hydroxyl groups is 1. The molecule has 2 rings (SSSR count). The summed E-state index contributed by atoms with van der Waals surface area (Å²) in [6, 6.07) is 15.8. The fourth-order valence-electron chi connectivity index (χ4n) is 3.70. The molecule has 4 N–H and O–H groups in total. The quantitative estimate of drug-likeness (QED) is 0.314. The average Bonchev–Trinajstić information content (AvgIpc) is 2.81. The van der Waals surface area contributed by atoms with Crippen molar-refractivity contribution in [2.75, 3.05) is 13.2 Å². The molecular formula is C27H40N2O3. The van der Waals surface area contributed by atoms with Gasteiger partial charge in [0.2, 0.25) is 0 Å². The summed E-state index contributed by atoms with van der Waals surface area (Å²) in [5.74, 6) is -0.0487. The average molecular weight is 441 g/mol. The first-order valence-electron chi connectivity index (χ1n) is 12.0. The fourth-order valence-corrected chi connectivity index (χ4v) is 3.70. The van der Waals surface area contributed by atoms with Crippen LogP contribution < -0.4 is 15.8 Å². The molecule has 2 aromatic carbocycles. The number of carbonyl (C=O) groups excluding carboxylic acids is 1. The van der Waals surface area contributed by atoms with Crippen molar-refractivity contribution >= 4 is 5.91 Å². The van der Waals surface area contributed by atoms with Crippen LogP contribution in [0.4, 0.5) is 0 Å². The van der Waals surface area contributed by atoms with Gasteiger partial charge >= 0.3 is 0 Å². The predicted molar refractivity (Wildman–Crippen MR) is 131 cm³/mol. The highest BCUT2D eigenvalue weighted by atomic mass is 16.5. The number of hydrogen-bond acceptors (Lipinski definition) is 4. The molecule has 0 saturated carbocycles. The molecule has 5 nitrogen and oxygen atoms in total. The van der Waals surface area contributed by atoms with E-state index >= 15 is 0 Å². The highest BCUT2D eigenvalue weighted by Crippen LogP contribution is 2.24. The van der Waals surface area contributed by atoms with E-state index in [1.54, 1.807) is 12.1 Å². The van der Waals surface area contributed by atoms with E-state index in [0.29, 0.717) is 30.0 Å². The van der Waals surface area contributed by atoms with Crippen molar-refractivity contribution in [2.24, 2.45) is 5.73 Å². The van der Waals surface area contributed by atoms with E-state index in [1.165, 1.54) is 31.2 Å². The third-order valence-corrected chi connectivity index (χ3v) is 5.78. The number of aryl methyl sites for hydroxylation is 1. The van der Waals surface area contributed by atoms with Crippen LogP contribution in [0.5, 0.6) is 5.75 Å². The van der Waals surface area contributed by atoms with E-state index in [-0.39, 0.29) is 6.04 Å². The normalized spacial score (nSPS) is 13.0. The standard InChI is InChI=1S/C27H40N2O3/c1-3-4-5-6-7-11-18-32-26-17-16-23(19-24(26)27(28)31)25(30)20-29-21(2)14-15-22-12-9-8-10-13-22/h8-10,12-13,16-17,19,21,25,29-30H,3-7,11,14-15,18,20H2,1-2H3,(H2,28,31). The van der Waals surface area contributed by atoms with Crippen LogP contribution in [0.2, 0.25) is 0 Å². The molecule has 0 saturated heterocycles. The second-order valence-corrected chi connectivity index (χ2v) is 8.59. The number of carbonyl (C=O) groups is 1. The smallest absolute Gasteiger partial charge is 0.252 e. The lowest BCUT2D eigenvalue weighted by Crippen LogP contribution is -2.31. The number of unbranched alkanes of at least 4 members (excludes halogenated alkanes) is 5. The van der Waals surface area contributed by atoms with Gasteiger partial charge in [-0.15, -0.1) is 0 Å². The molecule has 0 heterocycles. The summed E-state index contributed by atoms with van der Waals surface area (Å²) in [4.78, 5) is 11.9. The van der Waals surface area contributed by atoms with E-state index in [4.69, 9.17) is 10.5 Å². The van der Waals surface area contributed by atoms with E-state index in [9.17, 15) is 9.90 Å². The summed E-state index contributed by atoms with van der Waals surface area (Å²) in [7, 11) is 0. The molecule has 5 heteroatoms. The lowest BCUT2D eigenvalue weighted by Gasteiger charge is -2.19. The van der Waals surface area contributed by atoms with Crippen molar-refractivity contribution in [2.45, 2.75) is 77.4 Å². The van der Waals surface area contributed by atoms with E-state index < -0.39 is 12.0 Å². The molecule has 0 spiro atoms. The monoisotopic (exact) mass is 440 g/mol. The van der Waals surface area contributed by atoms with Gasteiger partial charge in [0.25, 0.3) is 5.91 Å². The number of aliphatic hydroxyl groups excluding tert-OH is 1. The van der Waals surface area contributed by atoms with Crippen LogP contribution in [0.3, 0.4) is 0 Å². The summed E-state index contributed by atoms with van der Waals surface area (Å²) in [6.45, 7) is 5.29. The van der Waals surface area contributed by atoms with Crippen molar-refractivity contribution in [3.63, 3.8) is 0 Å². The van der Waals surface area contributed by atoms with Crippen molar-refractivity contribution in [1.82, 2.24) is 5.32 Å². The number of amides is 1. The van der Waals surface area contributed by atoms with Gasteiger partial charge in [0.1, 0.15) is 5.75 Å². The van der Waals surface area contributed by atoms with Crippen molar-refractivity contribution < 1.29 is 14.6 Å². The van der Waals surface area contributed by atoms with Crippen molar-refractivity contribution in [1.29, 1.82) is 0 Å². The molecule has 0 aliphatic rings.